The van der Waals surface area contributed by atoms with Gasteiger partial charge in [-0.25, -0.2) is 16.8 Å². The molecule has 0 amide bonds. The van der Waals surface area contributed by atoms with Crippen LogP contribution in [0.15, 0.2) is 46.2 Å². The second kappa shape index (κ2) is 8.54. The van der Waals surface area contributed by atoms with Gasteiger partial charge in [0.2, 0.25) is 20.0 Å². The van der Waals surface area contributed by atoms with Gasteiger partial charge < -0.3 is 9.47 Å². The van der Waals surface area contributed by atoms with Crippen LogP contribution in [0.2, 0.25) is 0 Å². The maximum absolute atomic E-state index is 13.0. The van der Waals surface area contributed by atoms with Gasteiger partial charge in [0, 0.05) is 32.2 Å². The van der Waals surface area contributed by atoms with Crippen molar-refractivity contribution in [2.45, 2.75) is 23.6 Å². The molecule has 0 aromatic heterocycles. The highest BCUT2D eigenvalue weighted by Gasteiger charge is 2.34. The molecule has 0 radical (unpaired) electrons. The Hall–Kier alpha value is -2.14. The number of piperazine rings is 1. The highest BCUT2D eigenvalue weighted by Crippen LogP contribution is 2.31. The van der Waals surface area contributed by atoms with Crippen LogP contribution in [0.25, 0.3) is 0 Å². The fourth-order valence-corrected chi connectivity index (χ4v) is 6.57. The van der Waals surface area contributed by atoms with Crippen LogP contribution in [0.1, 0.15) is 11.1 Å². The average molecular weight is 455 g/mol. The maximum atomic E-state index is 13.0. The van der Waals surface area contributed by atoms with E-state index in [0.717, 1.165) is 5.56 Å². The Kier molecular flexibility index (Phi) is 6.42. The van der Waals surface area contributed by atoms with Crippen LogP contribution < -0.4 is 9.47 Å². The van der Waals surface area contributed by atoms with Gasteiger partial charge in [-0.1, -0.05) is 17.7 Å². The van der Waals surface area contributed by atoms with E-state index in [9.17, 15) is 16.8 Å². The fourth-order valence-electron chi connectivity index (χ4n) is 3.50. The Bertz CT molecular complexity index is 1140. The van der Waals surface area contributed by atoms with Gasteiger partial charge in [0.1, 0.15) is 0 Å². The SMILES string of the molecule is COc1ccc(S(=O)(=O)N2CCN(S(=O)(=O)c3ccc(C)cc3C)CC2)cc1OC. The molecule has 8 nitrogen and oxygen atoms in total. The minimum absolute atomic E-state index is 0.0703. The van der Waals surface area contributed by atoms with Crippen LogP contribution in [-0.2, 0) is 20.0 Å². The Morgan fingerprint density at radius 1 is 0.733 bits per heavy atom. The summed E-state index contributed by atoms with van der Waals surface area (Å²) in [4.78, 5) is 0.329. The number of nitrogens with zero attached hydrogens (tertiary/aromatic N) is 2. The molecule has 1 heterocycles. The predicted octanol–water partition coefficient (Wildman–Crippen LogP) is 2.02. The van der Waals surface area contributed by atoms with Gasteiger partial charge >= 0.3 is 0 Å². The second-order valence-corrected chi connectivity index (χ2v) is 10.9. The molecule has 1 fully saturated rings. The minimum Gasteiger partial charge on any atom is -0.493 e. The lowest BCUT2D eigenvalue weighted by atomic mass is 10.2. The molecule has 0 unspecified atom stereocenters. The summed E-state index contributed by atoms with van der Waals surface area (Å²) in [5.74, 6) is 0.746. The minimum atomic E-state index is -3.79. The molecule has 1 aliphatic heterocycles. The quantitative estimate of drug-likeness (QED) is 0.663. The molecule has 0 saturated carbocycles. The molecular formula is C20H26N2O6S2. The van der Waals surface area contributed by atoms with Crippen LogP contribution in [0.5, 0.6) is 11.5 Å². The number of aryl methyl sites for hydroxylation is 2. The monoisotopic (exact) mass is 454 g/mol. The van der Waals surface area contributed by atoms with Gasteiger partial charge in [-0.05, 0) is 37.6 Å². The zero-order chi connectivity index (χ0) is 22.1. The smallest absolute Gasteiger partial charge is 0.243 e. The molecule has 1 aliphatic rings. The maximum Gasteiger partial charge on any atom is 0.243 e. The van der Waals surface area contributed by atoms with E-state index in [2.05, 4.69) is 0 Å². The molecule has 0 aliphatic carbocycles. The lowest BCUT2D eigenvalue weighted by molar-refractivity contribution is 0.272. The molecule has 0 atom stereocenters. The zero-order valence-electron chi connectivity index (χ0n) is 17.5. The molecule has 164 valence electrons. The third-order valence-corrected chi connectivity index (χ3v) is 9.09. The highest BCUT2D eigenvalue weighted by molar-refractivity contribution is 7.89. The second-order valence-electron chi connectivity index (χ2n) is 7.09. The summed E-state index contributed by atoms with van der Waals surface area (Å²) in [6.45, 7) is 3.98. The van der Waals surface area contributed by atoms with Gasteiger partial charge in [0.25, 0.3) is 0 Å². The summed E-state index contributed by atoms with van der Waals surface area (Å²) in [5, 5.41) is 0. The van der Waals surface area contributed by atoms with Crippen molar-refractivity contribution in [3.8, 4) is 11.5 Å². The van der Waals surface area contributed by atoms with Crippen LogP contribution in [0.3, 0.4) is 0 Å². The van der Waals surface area contributed by atoms with Crippen molar-refractivity contribution in [2.24, 2.45) is 0 Å². The predicted molar refractivity (Wildman–Crippen MR) is 113 cm³/mol. The van der Waals surface area contributed by atoms with Crippen LogP contribution in [0.4, 0.5) is 0 Å². The average Bonchev–Trinajstić information content (AvgIpc) is 2.73. The van der Waals surface area contributed by atoms with E-state index >= 15 is 0 Å². The van der Waals surface area contributed by atoms with Gasteiger partial charge in [0.15, 0.2) is 11.5 Å². The van der Waals surface area contributed by atoms with E-state index < -0.39 is 20.0 Å². The lowest BCUT2D eigenvalue weighted by Crippen LogP contribution is -2.50. The largest absolute Gasteiger partial charge is 0.493 e. The van der Waals surface area contributed by atoms with E-state index in [1.165, 1.54) is 41.0 Å². The summed E-state index contributed by atoms with van der Waals surface area (Å²) in [6, 6.07) is 9.59. The normalized spacial score (nSPS) is 16.4. The first-order valence-corrected chi connectivity index (χ1v) is 12.3. The lowest BCUT2D eigenvalue weighted by Gasteiger charge is -2.33. The summed E-state index contributed by atoms with van der Waals surface area (Å²) in [6.07, 6.45) is 0. The van der Waals surface area contributed by atoms with Gasteiger partial charge in [0.05, 0.1) is 24.0 Å². The Labute approximate surface area is 178 Å². The first-order valence-electron chi connectivity index (χ1n) is 9.41. The standard InChI is InChI=1S/C20H26N2O6S2/c1-15-5-8-20(16(2)13-15)30(25,26)22-11-9-21(10-12-22)29(23,24)17-6-7-18(27-3)19(14-17)28-4/h5-8,13-14H,9-12H2,1-4H3. The van der Waals surface area contributed by atoms with Gasteiger partial charge in [-0.3, -0.25) is 0 Å². The number of ether oxygens (including phenoxy) is 2. The van der Waals surface area contributed by atoms with Crippen LogP contribution in [0, 0.1) is 13.8 Å². The van der Waals surface area contributed by atoms with E-state index in [1.54, 1.807) is 19.1 Å². The molecular weight excluding hydrogens is 428 g/mol. The summed E-state index contributed by atoms with van der Waals surface area (Å²) >= 11 is 0. The van der Waals surface area contributed by atoms with E-state index in [-0.39, 0.29) is 36.0 Å². The summed E-state index contributed by atoms with van der Waals surface area (Å²) in [5.41, 5.74) is 1.66. The topological polar surface area (TPSA) is 93.2 Å². The van der Waals surface area contributed by atoms with Crippen molar-refractivity contribution in [3.05, 3.63) is 47.5 Å². The number of benzene rings is 2. The van der Waals surface area contributed by atoms with Crippen molar-refractivity contribution in [1.29, 1.82) is 0 Å². The van der Waals surface area contributed by atoms with E-state index in [4.69, 9.17) is 9.47 Å². The molecule has 10 heteroatoms. The van der Waals surface area contributed by atoms with Crippen molar-refractivity contribution in [2.75, 3.05) is 40.4 Å². The molecule has 2 aromatic carbocycles. The number of sulfonamides is 2. The molecule has 2 aromatic rings. The van der Waals surface area contributed by atoms with E-state index in [0.29, 0.717) is 17.1 Å². The first kappa shape index (κ1) is 22.5. The van der Waals surface area contributed by atoms with Crippen molar-refractivity contribution >= 4 is 20.0 Å². The third kappa shape index (κ3) is 4.18. The number of methoxy groups -OCH3 is 2. The number of rotatable bonds is 6. The number of hydrogen-bond donors (Lipinski definition) is 0. The number of hydrogen-bond acceptors (Lipinski definition) is 6. The Morgan fingerprint density at radius 3 is 1.83 bits per heavy atom. The molecule has 0 bridgehead atoms. The molecule has 0 N–H and O–H groups in total. The van der Waals surface area contributed by atoms with Crippen molar-refractivity contribution < 1.29 is 26.3 Å². The highest BCUT2D eigenvalue weighted by atomic mass is 32.2. The van der Waals surface area contributed by atoms with Gasteiger partial charge in [-0.15, -0.1) is 0 Å². The fraction of sp³-hybridized carbons (Fsp3) is 0.400. The third-order valence-electron chi connectivity index (χ3n) is 5.14. The molecule has 1 saturated heterocycles. The van der Waals surface area contributed by atoms with E-state index in [1.807, 2.05) is 13.0 Å². The summed E-state index contributed by atoms with van der Waals surface area (Å²) in [7, 11) is -4.57. The van der Waals surface area contributed by atoms with Gasteiger partial charge in [-0.2, -0.15) is 8.61 Å². The molecule has 0 spiro atoms. The Morgan fingerprint density at radius 2 is 1.30 bits per heavy atom. The van der Waals surface area contributed by atoms with Crippen LogP contribution in [-0.4, -0.2) is 65.8 Å². The molecule has 3 rings (SSSR count). The molecule has 30 heavy (non-hydrogen) atoms. The zero-order valence-corrected chi connectivity index (χ0v) is 19.1. The summed E-state index contributed by atoms with van der Waals surface area (Å²) < 4.78 is 65.1. The first-order chi connectivity index (χ1) is 14.1. The van der Waals surface area contributed by atoms with Crippen LogP contribution >= 0.6 is 0 Å². The Balaban J connectivity index is 1.79. The van der Waals surface area contributed by atoms with Crippen molar-refractivity contribution in [1.82, 2.24) is 8.61 Å². The van der Waals surface area contributed by atoms with Crippen molar-refractivity contribution in [3.63, 3.8) is 0 Å².